The second kappa shape index (κ2) is 4.82. The summed E-state index contributed by atoms with van der Waals surface area (Å²) in [5.74, 6) is 0. The smallest absolute Gasteiger partial charge is 0.106 e. The van der Waals surface area contributed by atoms with Gasteiger partial charge in [-0.2, -0.15) is 0 Å². The molecule has 0 saturated heterocycles. The zero-order valence-corrected chi connectivity index (χ0v) is 10.7. The first-order chi connectivity index (χ1) is 9.24. The van der Waals surface area contributed by atoms with Crippen LogP contribution in [-0.2, 0) is 0 Å². The molecule has 1 atom stereocenters. The van der Waals surface area contributed by atoms with E-state index in [1.165, 1.54) is 5.56 Å². The number of pyridine rings is 1. The average molecular weight is 249 g/mol. The third kappa shape index (κ3) is 2.35. The lowest BCUT2D eigenvalue weighted by molar-refractivity contribution is 0.220. The van der Waals surface area contributed by atoms with Gasteiger partial charge in [0, 0.05) is 17.1 Å². The van der Waals surface area contributed by atoms with E-state index >= 15 is 0 Å². The van der Waals surface area contributed by atoms with Crippen molar-refractivity contribution in [2.45, 2.75) is 13.0 Å². The number of hydrogen-bond acceptors (Lipinski definition) is 2. The summed E-state index contributed by atoms with van der Waals surface area (Å²) in [5.41, 5.74) is 3.85. The van der Waals surface area contributed by atoms with Crippen LogP contribution < -0.4 is 0 Å². The minimum absolute atomic E-state index is 0.627. The largest absolute Gasteiger partial charge is 0.384 e. The molecule has 2 aromatic carbocycles. The monoisotopic (exact) mass is 249 g/mol. The van der Waals surface area contributed by atoms with Gasteiger partial charge >= 0.3 is 0 Å². The average Bonchev–Trinajstić information content (AvgIpc) is 2.47. The number of hydrogen-bond donors (Lipinski definition) is 1. The highest BCUT2D eigenvalue weighted by molar-refractivity contribution is 5.78. The van der Waals surface area contributed by atoms with E-state index in [2.05, 4.69) is 4.98 Å². The molecule has 0 aliphatic rings. The predicted octanol–water partition coefficient (Wildman–Crippen LogP) is 3.62. The maximum Gasteiger partial charge on any atom is 0.106 e. The normalized spacial score (nSPS) is 12.5. The highest BCUT2D eigenvalue weighted by Crippen LogP contribution is 2.24. The van der Waals surface area contributed by atoms with Gasteiger partial charge in [0.2, 0.25) is 0 Å². The Balaban J connectivity index is 2.01. The lowest BCUT2D eigenvalue weighted by Crippen LogP contribution is -2.00. The number of fused-ring (bicyclic) bond motifs is 1. The number of benzene rings is 2. The molecule has 1 N–H and O–H groups in total. The van der Waals surface area contributed by atoms with Crippen LogP contribution in [0.5, 0.6) is 0 Å². The predicted molar refractivity (Wildman–Crippen MR) is 77.0 cm³/mol. The van der Waals surface area contributed by atoms with Crippen LogP contribution in [0.3, 0.4) is 0 Å². The van der Waals surface area contributed by atoms with Crippen molar-refractivity contribution >= 4 is 10.9 Å². The lowest BCUT2D eigenvalue weighted by Gasteiger charge is -2.12. The second-order valence-corrected chi connectivity index (χ2v) is 4.77. The Bertz CT molecular complexity index is 704. The molecule has 1 heterocycles. The molecular formula is C17H15NO. The van der Waals surface area contributed by atoms with Crippen molar-refractivity contribution in [2.24, 2.45) is 0 Å². The highest BCUT2D eigenvalue weighted by atomic mass is 16.3. The van der Waals surface area contributed by atoms with Gasteiger partial charge in [-0.25, -0.2) is 0 Å². The van der Waals surface area contributed by atoms with E-state index < -0.39 is 6.10 Å². The van der Waals surface area contributed by atoms with Gasteiger partial charge < -0.3 is 5.11 Å². The van der Waals surface area contributed by atoms with Crippen LogP contribution >= 0.6 is 0 Å². The van der Waals surface area contributed by atoms with Crippen LogP contribution in [0.15, 0.2) is 60.8 Å². The van der Waals surface area contributed by atoms with Crippen molar-refractivity contribution in [3.63, 3.8) is 0 Å². The Kier molecular flexibility index (Phi) is 3.02. The third-order valence-electron chi connectivity index (χ3n) is 3.32. The van der Waals surface area contributed by atoms with Gasteiger partial charge in [-0.05, 0) is 24.6 Å². The SMILES string of the molecule is Cc1ccc(C(O)c2cnc3ccccc3c2)cc1. The van der Waals surface area contributed by atoms with Gasteiger partial charge in [-0.3, -0.25) is 4.98 Å². The molecule has 0 saturated carbocycles. The van der Waals surface area contributed by atoms with Crippen molar-refractivity contribution in [1.82, 2.24) is 4.98 Å². The summed E-state index contributed by atoms with van der Waals surface area (Å²) in [6.45, 7) is 2.04. The number of aryl methyl sites for hydroxylation is 1. The molecule has 2 heteroatoms. The van der Waals surface area contributed by atoms with E-state index in [0.717, 1.165) is 22.0 Å². The molecule has 0 bridgehead atoms. The summed E-state index contributed by atoms with van der Waals surface area (Å²) in [6.07, 6.45) is 1.12. The third-order valence-corrected chi connectivity index (χ3v) is 3.32. The number of para-hydroxylation sites is 1. The van der Waals surface area contributed by atoms with E-state index in [-0.39, 0.29) is 0 Å². The zero-order valence-electron chi connectivity index (χ0n) is 10.7. The molecular weight excluding hydrogens is 234 g/mol. The number of aromatic nitrogens is 1. The maximum absolute atomic E-state index is 10.4. The van der Waals surface area contributed by atoms with Crippen LogP contribution in [0.25, 0.3) is 10.9 Å². The number of aliphatic hydroxyl groups is 1. The quantitative estimate of drug-likeness (QED) is 0.752. The van der Waals surface area contributed by atoms with Crippen molar-refractivity contribution in [2.75, 3.05) is 0 Å². The molecule has 0 spiro atoms. The van der Waals surface area contributed by atoms with Crippen LogP contribution in [0.4, 0.5) is 0 Å². The first-order valence-corrected chi connectivity index (χ1v) is 6.33. The van der Waals surface area contributed by atoms with Gasteiger partial charge in [0.15, 0.2) is 0 Å². The van der Waals surface area contributed by atoms with Crippen molar-refractivity contribution < 1.29 is 5.11 Å². The Labute approximate surface area is 112 Å². The van der Waals surface area contributed by atoms with Crippen LogP contribution in [0.2, 0.25) is 0 Å². The minimum atomic E-state index is -0.627. The Morgan fingerprint density at radius 2 is 1.68 bits per heavy atom. The van der Waals surface area contributed by atoms with E-state index in [4.69, 9.17) is 0 Å². The molecule has 1 aromatic heterocycles. The van der Waals surface area contributed by atoms with Gasteiger partial charge in [0.05, 0.1) is 5.52 Å². The molecule has 2 nitrogen and oxygen atoms in total. The first kappa shape index (κ1) is 11.9. The fraction of sp³-hybridized carbons (Fsp3) is 0.118. The fourth-order valence-corrected chi connectivity index (χ4v) is 2.18. The molecule has 1 unspecified atom stereocenters. The minimum Gasteiger partial charge on any atom is -0.384 e. The van der Waals surface area contributed by atoms with Crippen LogP contribution in [0.1, 0.15) is 22.8 Å². The number of nitrogens with zero attached hydrogens (tertiary/aromatic N) is 1. The summed E-state index contributed by atoms with van der Waals surface area (Å²) >= 11 is 0. The zero-order chi connectivity index (χ0) is 13.2. The van der Waals surface area contributed by atoms with E-state index in [1.54, 1.807) is 6.20 Å². The standard InChI is InChI=1S/C17H15NO/c1-12-6-8-13(9-7-12)17(19)15-10-14-4-2-3-5-16(14)18-11-15/h2-11,17,19H,1H3. The molecule has 3 aromatic rings. The van der Waals surface area contributed by atoms with E-state index in [1.807, 2.05) is 61.5 Å². The van der Waals surface area contributed by atoms with Crippen LogP contribution in [0, 0.1) is 6.92 Å². The van der Waals surface area contributed by atoms with Crippen molar-refractivity contribution in [1.29, 1.82) is 0 Å². The summed E-state index contributed by atoms with van der Waals surface area (Å²) < 4.78 is 0. The Morgan fingerprint density at radius 1 is 0.947 bits per heavy atom. The van der Waals surface area contributed by atoms with Crippen molar-refractivity contribution in [3.8, 4) is 0 Å². The maximum atomic E-state index is 10.4. The van der Waals surface area contributed by atoms with E-state index in [0.29, 0.717) is 0 Å². The molecule has 3 rings (SSSR count). The molecule has 0 radical (unpaired) electrons. The molecule has 0 aliphatic heterocycles. The summed E-state index contributed by atoms with van der Waals surface area (Å²) in [7, 11) is 0. The first-order valence-electron chi connectivity index (χ1n) is 6.33. The van der Waals surface area contributed by atoms with Gasteiger partial charge in [0.25, 0.3) is 0 Å². The lowest BCUT2D eigenvalue weighted by atomic mass is 10.0. The molecule has 0 fully saturated rings. The van der Waals surface area contributed by atoms with Gasteiger partial charge in [-0.1, -0.05) is 48.0 Å². The number of rotatable bonds is 2. The molecule has 0 amide bonds. The van der Waals surface area contributed by atoms with E-state index in [9.17, 15) is 5.11 Å². The van der Waals surface area contributed by atoms with Gasteiger partial charge in [0.1, 0.15) is 6.10 Å². The molecule has 19 heavy (non-hydrogen) atoms. The molecule has 94 valence electrons. The summed E-state index contributed by atoms with van der Waals surface area (Å²) in [6, 6.07) is 17.8. The van der Waals surface area contributed by atoms with Crippen LogP contribution in [-0.4, -0.2) is 10.1 Å². The number of aliphatic hydroxyl groups excluding tert-OH is 1. The van der Waals surface area contributed by atoms with Gasteiger partial charge in [-0.15, -0.1) is 0 Å². The second-order valence-electron chi connectivity index (χ2n) is 4.77. The fourth-order valence-electron chi connectivity index (χ4n) is 2.18. The molecule has 0 aliphatic carbocycles. The Morgan fingerprint density at radius 3 is 2.47 bits per heavy atom. The Hall–Kier alpha value is -2.19. The summed E-state index contributed by atoms with van der Waals surface area (Å²) in [4.78, 5) is 4.39. The topological polar surface area (TPSA) is 33.1 Å². The van der Waals surface area contributed by atoms with Crippen molar-refractivity contribution in [3.05, 3.63) is 77.5 Å². The highest BCUT2D eigenvalue weighted by Gasteiger charge is 2.11. The summed E-state index contributed by atoms with van der Waals surface area (Å²) in [5, 5.41) is 11.4.